The van der Waals surface area contributed by atoms with Crippen LogP contribution in [-0.2, 0) is 11.3 Å². The maximum Gasteiger partial charge on any atom is 0.303 e. The molecule has 1 aromatic heterocycles. The summed E-state index contributed by atoms with van der Waals surface area (Å²) >= 11 is 3.41. The maximum absolute atomic E-state index is 10.5. The van der Waals surface area contributed by atoms with Gasteiger partial charge in [0.05, 0.1) is 6.54 Å². The van der Waals surface area contributed by atoms with Gasteiger partial charge in [0.2, 0.25) is 0 Å². The van der Waals surface area contributed by atoms with Gasteiger partial charge in [-0.3, -0.25) is 9.69 Å². The molecule has 1 aromatic carbocycles. The lowest BCUT2D eigenvalue weighted by atomic mass is 10.2. The molecular formula is C16H18BrNO3. The molecule has 0 fully saturated rings. The molecule has 0 saturated carbocycles. The summed E-state index contributed by atoms with van der Waals surface area (Å²) in [5.74, 6) is 0.973. The molecule has 0 saturated heterocycles. The number of rotatable bonds is 7. The highest BCUT2D eigenvalue weighted by atomic mass is 79.9. The quantitative estimate of drug-likeness (QED) is 0.818. The van der Waals surface area contributed by atoms with Crippen LogP contribution in [0.3, 0.4) is 0 Å². The number of hydrogen-bond acceptors (Lipinski definition) is 3. The molecule has 4 nitrogen and oxygen atoms in total. The van der Waals surface area contributed by atoms with E-state index in [1.165, 1.54) is 0 Å². The van der Waals surface area contributed by atoms with E-state index in [-0.39, 0.29) is 6.42 Å². The number of halogens is 1. The van der Waals surface area contributed by atoms with Gasteiger partial charge in [-0.2, -0.15) is 0 Å². The molecule has 0 spiro atoms. The second kappa shape index (κ2) is 7.43. The predicted molar refractivity (Wildman–Crippen MR) is 85.0 cm³/mol. The SMILES string of the molecule is CN(CCCC(=O)O)Cc1ccc(-c2ccc(Br)cc2)o1. The molecule has 0 aliphatic rings. The topological polar surface area (TPSA) is 53.7 Å². The Morgan fingerprint density at radius 1 is 1.24 bits per heavy atom. The number of nitrogens with zero attached hydrogens (tertiary/aromatic N) is 1. The van der Waals surface area contributed by atoms with Gasteiger partial charge in [-0.25, -0.2) is 0 Å². The Morgan fingerprint density at radius 2 is 1.95 bits per heavy atom. The molecule has 0 atom stereocenters. The summed E-state index contributed by atoms with van der Waals surface area (Å²) in [7, 11) is 1.96. The molecule has 0 aliphatic carbocycles. The Balaban J connectivity index is 1.90. The van der Waals surface area contributed by atoms with Crippen LogP contribution in [-0.4, -0.2) is 29.6 Å². The van der Waals surface area contributed by atoms with Gasteiger partial charge in [0.1, 0.15) is 11.5 Å². The first kappa shape index (κ1) is 15.8. The Kier molecular flexibility index (Phi) is 5.59. The molecule has 0 bridgehead atoms. The third kappa shape index (κ3) is 5.02. The first-order chi connectivity index (χ1) is 10.0. The van der Waals surface area contributed by atoms with Crippen molar-refractivity contribution in [1.29, 1.82) is 0 Å². The summed E-state index contributed by atoms with van der Waals surface area (Å²) < 4.78 is 6.87. The van der Waals surface area contributed by atoms with Crippen molar-refractivity contribution in [2.45, 2.75) is 19.4 Å². The van der Waals surface area contributed by atoms with E-state index in [0.29, 0.717) is 13.0 Å². The van der Waals surface area contributed by atoms with E-state index in [0.717, 1.165) is 28.1 Å². The van der Waals surface area contributed by atoms with Crippen molar-refractivity contribution in [1.82, 2.24) is 4.90 Å². The minimum Gasteiger partial charge on any atom is -0.481 e. The molecule has 2 rings (SSSR count). The van der Waals surface area contributed by atoms with Crippen molar-refractivity contribution in [3.63, 3.8) is 0 Å². The minimum absolute atomic E-state index is 0.201. The lowest BCUT2D eigenvalue weighted by molar-refractivity contribution is -0.137. The smallest absolute Gasteiger partial charge is 0.303 e. The second-order valence-corrected chi connectivity index (χ2v) is 5.92. The Hall–Kier alpha value is -1.59. The standard InChI is InChI=1S/C16H18BrNO3/c1-18(10-2-3-16(19)20)11-14-8-9-15(21-14)12-4-6-13(17)7-5-12/h4-9H,2-3,10-11H2,1H3,(H,19,20). The molecule has 1 N–H and O–H groups in total. The van der Waals surface area contributed by atoms with Gasteiger partial charge in [-0.1, -0.05) is 28.1 Å². The number of carboxylic acid groups (broad SMARTS) is 1. The normalized spacial score (nSPS) is 11.0. The molecular weight excluding hydrogens is 334 g/mol. The van der Waals surface area contributed by atoms with Crippen molar-refractivity contribution in [2.24, 2.45) is 0 Å². The lowest BCUT2D eigenvalue weighted by Gasteiger charge is -2.14. The van der Waals surface area contributed by atoms with Gasteiger partial charge in [-0.15, -0.1) is 0 Å². The number of aliphatic carboxylic acids is 1. The van der Waals surface area contributed by atoms with Crippen LogP contribution in [0.4, 0.5) is 0 Å². The zero-order chi connectivity index (χ0) is 15.2. The fourth-order valence-corrected chi connectivity index (χ4v) is 2.34. The molecule has 2 aromatic rings. The molecule has 5 heteroatoms. The molecule has 0 radical (unpaired) electrons. The van der Waals surface area contributed by atoms with Crippen molar-refractivity contribution < 1.29 is 14.3 Å². The van der Waals surface area contributed by atoms with Gasteiger partial charge in [0, 0.05) is 16.5 Å². The van der Waals surface area contributed by atoms with E-state index in [4.69, 9.17) is 9.52 Å². The van der Waals surface area contributed by atoms with Crippen LogP contribution in [0.15, 0.2) is 45.3 Å². The number of hydrogen-bond donors (Lipinski definition) is 1. The lowest BCUT2D eigenvalue weighted by Crippen LogP contribution is -2.19. The van der Waals surface area contributed by atoms with E-state index in [1.54, 1.807) is 0 Å². The Bertz CT molecular complexity index is 592. The number of carbonyl (C=O) groups is 1. The highest BCUT2D eigenvalue weighted by Gasteiger charge is 2.08. The molecule has 21 heavy (non-hydrogen) atoms. The van der Waals surface area contributed by atoms with Crippen molar-refractivity contribution in [3.8, 4) is 11.3 Å². The van der Waals surface area contributed by atoms with Crippen molar-refractivity contribution in [3.05, 3.63) is 46.6 Å². The largest absolute Gasteiger partial charge is 0.481 e. The Labute approximate surface area is 132 Å². The van der Waals surface area contributed by atoms with Gasteiger partial charge in [0.25, 0.3) is 0 Å². The molecule has 0 aliphatic heterocycles. The predicted octanol–water partition coefficient (Wildman–Crippen LogP) is 4.01. The van der Waals surface area contributed by atoms with Gasteiger partial charge in [0.15, 0.2) is 0 Å². The van der Waals surface area contributed by atoms with E-state index in [2.05, 4.69) is 20.8 Å². The summed E-state index contributed by atoms with van der Waals surface area (Å²) in [6.07, 6.45) is 0.846. The van der Waals surface area contributed by atoms with Crippen LogP contribution in [0.1, 0.15) is 18.6 Å². The zero-order valence-corrected chi connectivity index (χ0v) is 13.5. The fraction of sp³-hybridized carbons (Fsp3) is 0.312. The molecule has 112 valence electrons. The van der Waals surface area contributed by atoms with Crippen LogP contribution in [0.5, 0.6) is 0 Å². The van der Waals surface area contributed by atoms with Gasteiger partial charge < -0.3 is 9.52 Å². The average molecular weight is 352 g/mol. The number of furan rings is 1. The molecule has 0 unspecified atom stereocenters. The minimum atomic E-state index is -0.751. The van der Waals surface area contributed by atoms with E-state index < -0.39 is 5.97 Å². The summed E-state index contributed by atoms with van der Waals surface area (Å²) in [6.45, 7) is 1.41. The van der Waals surface area contributed by atoms with Crippen LogP contribution < -0.4 is 0 Å². The van der Waals surface area contributed by atoms with Crippen LogP contribution in [0, 0.1) is 0 Å². The van der Waals surface area contributed by atoms with Crippen molar-refractivity contribution >= 4 is 21.9 Å². The second-order valence-electron chi connectivity index (χ2n) is 5.01. The maximum atomic E-state index is 10.5. The van der Waals surface area contributed by atoms with Gasteiger partial charge >= 0.3 is 5.97 Å². The summed E-state index contributed by atoms with van der Waals surface area (Å²) in [5, 5.41) is 8.62. The monoisotopic (exact) mass is 351 g/mol. The Morgan fingerprint density at radius 3 is 2.62 bits per heavy atom. The van der Waals surface area contributed by atoms with Crippen molar-refractivity contribution in [2.75, 3.05) is 13.6 Å². The van der Waals surface area contributed by atoms with E-state index >= 15 is 0 Å². The van der Waals surface area contributed by atoms with Crippen LogP contribution in [0.25, 0.3) is 11.3 Å². The summed E-state index contributed by atoms with van der Waals surface area (Å²) in [5.41, 5.74) is 1.04. The average Bonchev–Trinajstić information content (AvgIpc) is 2.87. The third-order valence-corrected chi connectivity index (χ3v) is 3.68. The first-order valence-corrected chi connectivity index (χ1v) is 7.59. The fourth-order valence-electron chi connectivity index (χ4n) is 2.08. The molecule has 0 amide bonds. The van der Waals surface area contributed by atoms with E-state index in [1.807, 2.05) is 43.4 Å². The third-order valence-electron chi connectivity index (χ3n) is 3.15. The molecule has 1 heterocycles. The van der Waals surface area contributed by atoms with Crippen LogP contribution in [0.2, 0.25) is 0 Å². The highest BCUT2D eigenvalue weighted by molar-refractivity contribution is 9.10. The van der Waals surface area contributed by atoms with Gasteiger partial charge in [-0.05, 0) is 44.3 Å². The first-order valence-electron chi connectivity index (χ1n) is 6.79. The summed E-state index contributed by atoms with van der Waals surface area (Å²) in [4.78, 5) is 12.5. The summed E-state index contributed by atoms with van der Waals surface area (Å²) in [6, 6.07) is 11.9. The number of benzene rings is 1. The zero-order valence-electron chi connectivity index (χ0n) is 11.9. The van der Waals surface area contributed by atoms with E-state index in [9.17, 15) is 4.79 Å². The highest BCUT2D eigenvalue weighted by Crippen LogP contribution is 2.24. The number of carboxylic acids is 1. The van der Waals surface area contributed by atoms with Crippen LogP contribution >= 0.6 is 15.9 Å².